The third kappa shape index (κ3) is 2.67. The fraction of sp³-hybridized carbons (Fsp3) is 0.800. The summed E-state index contributed by atoms with van der Waals surface area (Å²) in [6.07, 6.45) is 0.198. The largest absolute Gasteiger partial charge is 0.396 e. The first-order valence-electron chi connectivity index (χ1n) is 2.60. The summed E-state index contributed by atoms with van der Waals surface area (Å²) in [6, 6.07) is 0. The van der Waals surface area contributed by atoms with E-state index in [4.69, 9.17) is 22.4 Å². The lowest BCUT2D eigenvalue weighted by Crippen LogP contribution is -2.36. The minimum Gasteiger partial charge on any atom is -0.396 e. The van der Waals surface area contributed by atoms with Crippen molar-refractivity contribution in [1.82, 2.24) is 0 Å². The van der Waals surface area contributed by atoms with Gasteiger partial charge in [0.25, 0.3) is 0 Å². The zero-order chi connectivity index (χ0) is 7.49. The number of rotatable bonds is 3. The third-order valence-electron chi connectivity index (χ3n) is 1.10. The van der Waals surface area contributed by atoms with Crippen LogP contribution in [-0.4, -0.2) is 22.5 Å². The first-order chi connectivity index (χ1) is 4.00. The normalized spacial score (nSPS) is 16.8. The molecule has 3 N–H and O–H groups in total. The molecule has 0 heterocycles. The highest BCUT2D eigenvalue weighted by Gasteiger charge is 2.26. The van der Waals surface area contributed by atoms with Crippen molar-refractivity contribution in [2.24, 2.45) is 5.73 Å². The van der Waals surface area contributed by atoms with Gasteiger partial charge < -0.3 is 10.8 Å². The number of hydrogen-bond acceptors (Lipinski definition) is 2. The molecule has 1 atom stereocenters. The highest BCUT2D eigenvalue weighted by atomic mass is 35.5. The second-order valence-electron chi connectivity index (χ2n) is 2.04. The zero-order valence-electron chi connectivity index (χ0n) is 5.22. The molecule has 0 saturated heterocycles. The SMILES string of the molecule is CC(Cl)(CCO)C(N)=O. The molecule has 0 aliphatic carbocycles. The van der Waals surface area contributed by atoms with Gasteiger partial charge in [-0.1, -0.05) is 0 Å². The predicted molar refractivity (Wildman–Crippen MR) is 35.2 cm³/mol. The van der Waals surface area contributed by atoms with Crippen molar-refractivity contribution < 1.29 is 9.90 Å². The number of halogens is 1. The topological polar surface area (TPSA) is 63.3 Å². The van der Waals surface area contributed by atoms with E-state index in [9.17, 15) is 4.79 Å². The van der Waals surface area contributed by atoms with Crippen molar-refractivity contribution >= 4 is 17.5 Å². The lowest BCUT2D eigenvalue weighted by molar-refractivity contribution is -0.120. The highest BCUT2D eigenvalue weighted by Crippen LogP contribution is 2.16. The molecule has 0 aromatic rings. The van der Waals surface area contributed by atoms with E-state index in [-0.39, 0.29) is 13.0 Å². The van der Waals surface area contributed by atoms with Gasteiger partial charge in [-0.2, -0.15) is 0 Å². The van der Waals surface area contributed by atoms with E-state index in [1.807, 2.05) is 0 Å². The Labute approximate surface area is 58.8 Å². The maximum atomic E-state index is 10.4. The average molecular weight is 152 g/mol. The van der Waals surface area contributed by atoms with Crippen LogP contribution in [0.3, 0.4) is 0 Å². The Balaban J connectivity index is 3.85. The number of primary amides is 1. The summed E-state index contributed by atoms with van der Waals surface area (Å²) in [7, 11) is 0. The number of alkyl halides is 1. The third-order valence-corrected chi connectivity index (χ3v) is 1.47. The molecule has 1 amide bonds. The van der Waals surface area contributed by atoms with Gasteiger partial charge in [0.05, 0.1) is 0 Å². The van der Waals surface area contributed by atoms with E-state index in [0.29, 0.717) is 0 Å². The van der Waals surface area contributed by atoms with E-state index in [0.717, 1.165) is 0 Å². The molecule has 0 aromatic carbocycles. The fourth-order valence-electron chi connectivity index (χ4n) is 0.333. The Morgan fingerprint density at radius 2 is 2.33 bits per heavy atom. The molecule has 54 valence electrons. The van der Waals surface area contributed by atoms with Gasteiger partial charge in [0.15, 0.2) is 0 Å². The predicted octanol–water partition coefficient (Wildman–Crippen LogP) is -0.148. The lowest BCUT2D eigenvalue weighted by Gasteiger charge is -2.14. The summed E-state index contributed by atoms with van der Waals surface area (Å²) in [5, 5.41) is 8.36. The minimum absolute atomic E-state index is 0.122. The molecule has 0 aliphatic rings. The van der Waals surface area contributed by atoms with Crippen LogP contribution >= 0.6 is 11.6 Å². The minimum atomic E-state index is -1.09. The molecule has 0 rings (SSSR count). The van der Waals surface area contributed by atoms with E-state index in [1.165, 1.54) is 6.92 Å². The van der Waals surface area contributed by atoms with Crippen molar-refractivity contribution in [3.63, 3.8) is 0 Å². The molecule has 0 saturated carbocycles. The van der Waals surface area contributed by atoms with Crippen LogP contribution < -0.4 is 5.73 Å². The van der Waals surface area contributed by atoms with Crippen LogP contribution in [0.1, 0.15) is 13.3 Å². The quantitative estimate of drug-likeness (QED) is 0.551. The number of aliphatic hydroxyl groups excluding tert-OH is 1. The molecule has 1 unspecified atom stereocenters. The van der Waals surface area contributed by atoms with Gasteiger partial charge in [0.1, 0.15) is 4.87 Å². The molecule has 0 fully saturated rings. The molecule has 4 heteroatoms. The smallest absolute Gasteiger partial charge is 0.238 e. The van der Waals surface area contributed by atoms with E-state index >= 15 is 0 Å². The Kier molecular flexibility index (Phi) is 2.94. The highest BCUT2D eigenvalue weighted by molar-refractivity contribution is 6.34. The van der Waals surface area contributed by atoms with Gasteiger partial charge in [-0.15, -0.1) is 11.6 Å². The summed E-state index contributed by atoms with van der Waals surface area (Å²) in [6.45, 7) is 1.36. The van der Waals surface area contributed by atoms with Crippen LogP contribution in [0.15, 0.2) is 0 Å². The summed E-state index contributed by atoms with van der Waals surface area (Å²) in [4.78, 5) is 9.30. The molecule has 0 spiro atoms. The van der Waals surface area contributed by atoms with Crippen molar-refractivity contribution in [2.75, 3.05) is 6.61 Å². The lowest BCUT2D eigenvalue weighted by atomic mass is 10.1. The summed E-state index contributed by atoms with van der Waals surface area (Å²) < 4.78 is 0. The van der Waals surface area contributed by atoms with Gasteiger partial charge in [-0.3, -0.25) is 4.79 Å². The van der Waals surface area contributed by atoms with Crippen molar-refractivity contribution in [1.29, 1.82) is 0 Å². The number of carbonyl (C=O) groups excluding carboxylic acids is 1. The van der Waals surface area contributed by atoms with Crippen LogP contribution in [0, 0.1) is 0 Å². The molecule has 0 aliphatic heterocycles. The molecular formula is C5H10ClNO2. The number of nitrogens with two attached hydrogens (primary N) is 1. The van der Waals surface area contributed by atoms with Gasteiger partial charge >= 0.3 is 0 Å². The average Bonchev–Trinajstić information content (AvgIpc) is 1.65. The van der Waals surface area contributed by atoms with Crippen LogP contribution in [-0.2, 0) is 4.79 Å². The molecule has 0 aromatic heterocycles. The maximum Gasteiger partial charge on any atom is 0.238 e. The van der Waals surface area contributed by atoms with E-state index in [1.54, 1.807) is 0 Å². The van der Waals surface area contributed by atoms with Crippen LogP contribution in [0.2, 0.25) is 0 Å². The maximum absolute atomic E-state index is 10.4. The number of amides is 1. The van der Waals surface area contributed by atoms with Crippen LogP contribution in [0.25, 0.3) is 0 Å². The second-order valence-corrected chi connectivity index (χ2v) is 2.87. The Morgan fingerprint density at radius 3 is 2.44 bits per heavy atom. The zero-order valence-corrected chi connectivity index (χ0v) is 5.98. The molecule has 0 radical (unpaired) electrons. The monoisotopic (exact) mass is 151 g/mol. The molecule has 9 heavy (non-hydrogen) atoms. The van der Waals surface area contributed by atoms with Crippen molar-refractivity contribution in [3.05, 3.63) is 0 Å². The van der Waals surface area contributed by atoms with Crippen molar-refractivity contribution in [3.8, 4) is 0 Å². The van der Waals surface area contributed by atoms with Gasteiger partial charge in [-0.25, -0.2) is 0 Å². The van der Waals surface area contributed by atoms with Crippen molar-refractivity contribution in [2.45, 2.75) is 18.2 Å². The second kappa shape index (κ2) is 3.03. The van der Waals surface area contributed by atoms with E-state index in [2.05, 4.69) is 0 Å². The van der Waals surface area contributed by atoms with Gasteiger partial charge in [0, 0.05) is 6.61 Å². The summed E-state index contributed by atoms with van der Waals surface area (Å²) in [5.41, 5.74) is 4.87. The Morgan fingerprint density at radius 1 is 1.89 bits per heavy atom. The standard InChI is InChI=1S/C5H10ClNO2/c1-5(6,2-3-8)4(7)9/h8H,2-3H2,1H3,(H2,7,9). The van der Waals surface area contributed by atoms with Crippen LogP contribution in [0.5, 0.6) is 0 Å². The van der Waals surface area contributed by atoms with E-state index < -0.39 is 10.8 Å². The number of aliphatic hydroxyl groups is 1. The number of hydrogen-bond donors (Lipinski definition) is 2. The Hall–Kier alpha value is -0.280. The summed E-state index contributed by atoms with van der Waals surface area (Å²) >= 11 is 5.54. The summed E-state index contributed by atoms with van der Waals surface area (Å²) in [5.74, 6) is -0.599. The van der Waals surface area contributed by atoms with Gasteiger partial charge in [-0.05, 0) is 13.3 Å². The number of carbonyl (C=O) groups is 1. The van der Waals surface area contributed by atoms with Gasteiger partial charge in [0.2, 0.25) is 5.91 Å². The molecule has 0 bridgehead atoms. The first kappa shape index (κ1) is 8.72. The molecular weight excluding hydrogens is 142 g/mol. The van der Waals surface area contributed by atoms with Crippen LogP contribution in [0.4, 0.5) is 0 Å². The first-order valence-corrected chi connectivity index (χ1v) is 2.98. The fourth-order valence-corrected chi connectivity index (χ4v) is 0.418. The Bertz CT molecular complexity index is 114. The molecule has 3 nitrogen and oxygen atoms in total.